The molecule has 0 saturated heterocycles. The summed E-state index contributed by atoms with van der Waals surface area (Å²) in [5.41, 5.74) is 5.85. The fraction of sp³-hybridized carbons (Fsp3) is 0.161. The van der Waals surface area contributed by atoms with E-state index in [4.69, 9.17) is 21.0 Å². The number of nitrogens with zero attached hydrogens (tertiary/aromatic N) is 1. The van der Waals surface area contributed by atoms with Crippen molar-refractivity contribution in [2.45, 2.75) is 32.1 Å². The average Bonchev–Trinajstić information content (AvgIpc) is 3.34. The monoisotopic (exact) mass is 494 g/mol. The van der Waals surface area contributed by atoms with Crippen LogP contribution in [-0.2, 0) is 4.79 Å². The Kier molecular flexibility index (Phi) is 6.88. The maximum atomic E-state index is 13.6. The van der Waals surface area contributed by atoms with Crippen LogP contribution in [-0.4, -0.2) is 10.9 Å². The quantitative estimate of drug-likeness (QED) is 0.247. The number of benzene rings is 4. The number of amides is 1. The minimum absolute atomic E-state index is 0.165. The largest absolute Gasteiger partial charge is 0.436 e. The van der Waals surface area contributed by atoms with Crippen LogP contribution < -0.4 is 5.32 Å². The predicted molar refractivity (Wildman–Crippen MR) is 147 cm³/mol. The predicted octanol–water partition coefficient (Wildman–Crippen LogP) is 8.43. The molecule has 5 heteroatoms. The Hall–Kier alpha value is -3.89. The van der Waals surface area contributed by atoms with Crippen molar-refractivity contribution in [2.75, 3.05) is 5.32 Å². The lowest BCUT2D eigenvalue weighted by atomic mass is 9.90. The molecule has 1 atom stereocenters. The Morgan fingerprint density at radius 3 is 2.19 bits per heavy atom. The number of nitrogens with one attached hydrogen (secondary N) is 1. The number of carbonyl (C=O) groups excluding carboxylic acids is 1. The summed E-state index contributed by atoms with van der Waals surface area (Å²) in [6.07, 6.45) is 1.06. The lowest BCUT2D eigenvalue weighted by Gasteiger charge is -2.18. The summed E-state index contributed by atoms with van der Waals surface area (Å²) in [7, 11) is 0. The Labute approximate surface area is 216 Å². The minimum atomic E-state index is -0.476. The van der Waals surface area contributed by atoms with Crippen molar-refractivity contribution < 1.29 is 9.21 Å². The van der Waals surface area contributed by atoms with Crippen molar-refractivity contribution in [1.82, 2.24) is 4.98 Å². The van der Waals surface area contributed by atoms with E-state index in [9.17, 15) is 4.79 Å². The molecule has 5 rings (SSSR count). The molecule has 180 valence electrons. The molecule has 0 bridgehead atoms. The van der Waals surface area contributed by atoms with E-state index in [1.807, 2.05) is 78.9 Å². The molecule has 1 N–H and O–H groups in total. The molecule has 4 nitrogen and oxygen atoms in total. The van der Waals surface area contributed by atoms with Gasteiger partial charge < -0.3 is 9.73 Å². The normalized spacial score (nSPS) is 12.1. The average molecular weight is 495 g/mol. The third-order valence-corrected chi connectivity index (χ3v) is 6.92. The molecule has 4 aromatic carbocycles. The van der Waals surface area contributed by atoms with Gasteiger partial charge in [0.05, 0.1) is 16.6 Å². The van der Waals surface area contributed by atoms with E-state index in [0.29, 0.717) is 22.5 Å². The van der Waals surface area contributed by atoms with Gasteiger partial charge in [-0.3, -0.25) is 4.79 Å². The van der Waals surface area contributed by atoms with E-state index >= 15 is 0 Å². The number of fused-ring (bicyclic) bond motifs is 1. The number of carbonyl (C=O) groups is 1. The Morgan fingerprint density at radius 1 is 0.889 bits per heavy atom. The molecule has 0 unspecified atom stereocenters. The third kappa shape index (κ3) is 4.91. The molecular weight excluding hydrogens is 468 g/mol. The molecule has 0 radical (unpaired) electrons. The van der Waals surface area contributed by atoms with Gasteiger partial charge in [-0.25, -0.2) is 4.98 Å². The lowest BCUT2D eigenvalue weighted by molar-refractivity contribution is -0.116. The van der Waals surface area contributed by atoms with Crippen LogP contribution >= 0.6 is 11.6 Å². The summed E-state index contributed by atoms with van der Waals surface area (Å²) in [6.45, 7) is 4.38. The van der Waals surface area contributed by atoms with E-state index in [2.05, 4.69) is 31.3 Å². The summed E-state index contributed by atoms with van der Waals surface area (Å²) in [5.74, 6) is 0.299. The summed E-state index contributed by atoms with van der Waals surface area (Å²) < 4.78 is 6.04. The molecule has 1 heterocycles. The van der Waals surface area contributed by atoms with Gasteiger partial charge in [0.2, 0.25) is 11.8 Å². The zero-order valence-electron chi connectivity index (χ0n) is 20.2. The van der Waals surface area contributed by atoms with Crippen LogP contribution in [0.4, 0.5) is 5.69 Å². The Balaban J connectivity index is 1.47. The van der Waals surface area contributed by atoms with Crippen LogP contribution in [0, 0.1) is 0 Å². The molecule has 5 aromatic rings. The van der Waals surface area contributed by atoms with Gasteiger partial charge >= 0.3 is 0 Å². The van der Waals surface area contributed by atoms with Crippen LogP contribution in [0.15, 0.2) is 101 Å². The van der Waals surface area contributed by atoms with Crippen molar-refractivity contribution in [2.24, 2.45) is 0 Å². The van der Waals surface area contributed by atoms with Crippen molar-refractivity contribution in [3.05, 3.63) is 119 Å². The van der Waals surface area contributed by atoms with Crippen LogP contribution in [0.3, 0.4) is 0 Å². The molecule has 0 aliphatic rings. The molecule has 0 spiro atoms. The number of halogens is 1. The fourth-order valence-corrected chi connectivity index (χ4v) is 4.52. The first-order valence-electron chi connectivity index (χ1n) is 12.1. The first kappa shape index (κ1) is 23.8. The summed E-state index contributed by atoms with van der Waals surface area (Å²) in [5, 5.41) is 3.49. The van der Waals surface area contributed by atoms with E-state index in [-0.39, 0.29) is 5.91 Å². The van der Waals surface area contributed by atoms with Crippen molar-refractivity contribution >= 4 is 34.3 Å². The second-order valence-corrected chi connectivity index (χ2v) is 9.40. The van der Waals surface area contributed by atoms with Gasteiger partial charge in [0, 0.05) is 5.56 Å². The van der Waals surface area contributed by atoms with Gasteiger partial charge in [-0.15, -0.1) is 0 Å². The highest BCUT2D eigenvalue weighted by molar-refractivity contribution is 6.34. The molecule has 0 aliphatic carbocycles. The molecule has 0 aliphatic heterocycles. The van der Waals surface area contributed by atoms with Gasteiger partial charge in [0.25, 0.3) is 0 Å². The lowest BCUT2D eigenvalue weighted by Crippen LogP contribution is -2.22. The van der Waals surface area contributed by atoms with E-state index in [0.717, 1.165) is 34.2 Å². The standard InChI is InChI=1S/C31H27ClN2O2/c1-3-20(2)23-15-17-28-27(18-23)34-31(36-28)24-14-16-25(32)26(19-24)33-30(35)29(21-10-6-4-7-11-21)22-12-8-5-9-13-22/h4-20,29H,3H2,1-2H3,(H,33,35)/t20-/m0/s1. The number of rotatable bonds is 7. The smallest absolute Gasteiger partial charge is 0.236 e. The van der Waals surface area contributed by atoms with Crippen LogP contribution in [0.2, 0.25) is 5.02 Å². The third-order valence-electron chi connectivity index (χ3n) is 6.59. The van der Waals surface area contributed by atoms with Gasteiger partial charge in [0.1, 0.15) is 5.52 Å². The highest BCUT2D eigenvalue weighted by Gasteiger charge is 2.23. The first-order valence-corrected chi connectivity index (χ1v) is 12.5. The highest BCUT2D eigenvalue weighted by atomic mass is 35.5. The van der Waals surface area contributed by atoms with E-state index in [1.165, 1.54) is 5.56 Å². The topological polar surface area (TPSA) is 55.1 Å². The molecule has 1 aromatic heterocycles. The van der Waals surface area contributed by atoms with E-state index in [1.54, 1.807) is 6.07 Å². The van der Waals surface area contributed by atoms with Crippen LogP contribution in [0.5, 0.6) is 0 Å². The summed E-state index contributed by atoms with van der Waals surface area (Å²) in [6, 6.07) is 31.0. The zero-order valence-corrected chi connectivity index (χ0v) is 21.0. The highest BCUT2D eigenvalue weighted by Crippen LogP contribution is 2.33. The van der Waals surface area contributed by atoms with Gasteiger partial charge in [-0.1, -0.05) is 92.2 Å². The van der Waals surface area contributed by atoms with Gasteiger partial charge in [0.15, 0.2) is 5.58 Å². The maximum Gasteiger partial charge on any atom is 0.236 e. The molecule has 0 fully saturated rings. The fourth-order valence-electron chi connectivity index (χ4n) is 4.36. The van der Waals surface area contributed by atoms with Crippen molar-refractivity contribution in [3.8, 4) is 11.5 Å². The number of hydrogen-bond acceptors (Lipinski definition) is 3. The first-order chi connectivity index (χ1) is 17.5. The Bertz CT molecular complexity index is 1460. The van der Waals surface area contributed by atoms with Gasteiger partial charge in [-0.05, 0) is 59.4 Å². The molecule has 0 saturated carbocycles. The number of aromatic nitrogens is 1. The SMILES string of the molecule is CC[C@H](C)c1ccc2oc(-c3ccc(Cl)c(NC(=O)C(c4ccccc4)c4ccccc4)c3)nc2c1. The number of oxazole rings is 1. The summed E-state index contributed by atoms with van der Waals surface area (Å²) >= 11 is 6.51. The van der Waals surface area contributed by atoms with Gasteiger partial charge in [-0.2, -0.15) is 0 Å². The molecular formula is C31H27ClN2O2. The second kappa shape index (κ2) is 10.4. The van der Waals surface area contributed by atoms with E-state index < -0.39 is 5.92 Å². The molecule has 1 amide bonds. The summed E-state index contributed by atoms with van der Waals surface area (Å²) in [4.78, 5) is 18.3. The molecule has 36 heavy (non-hydrogen) atoms. The maximum absolute atomic E-state index is 13.6. The number of hydrogen-bond donors (Lipinski definition) is 1. The Morgan fingerprint density at radius 2 is 1.56 bits per heavy atom. The van der Waals surface area contributed by atoms with Crippen molar-refractivity contribution in [3.63, 3.8) is 0 Å². The zero-order chi connectivity index (χ0) is 25.1. The van der Waals surface area contributed by atoms with Crippen molar-refractivity contribution in [1.29, 1.82) is 0 Å². The van der Waals surface area contributed by atoms with Crippen LogP contribution in [0.1, 0.15) is 48.8 Å². The van der Waals surface area contributed by atoms with Crippen LogP contribution in [0.25, 0.3) is 22.6 Å². The number of anilines is 1. The second-order valence-electron chi connectivity index (χ2n) is 8.99. The minimum Gasteiger partial charge on any atom is -0.436 e.